The summed E-state index contributed by atoms with van der Waals surface area (Å²) >= 11 is 0. The van der Waals surface area contributed by atoms with Crippen molar-refractivity contribution in [3.63, 3.8) is 0 Å². The molecule has 0 bridgehead atoms. The van der Waals surface area contributed by atoms with Crippen LogP contribution in [-0.4, -0.2) is 34.0 Å². The van der Waals surface area contributed by atoms with Crippen LogP contribution in [0.2, 0.25) is 0 Å². The van der Waals surface area contributed by atoms with Gasteiger partial charge in [0, 0.05) is 0 Å². The Labute approximate surface area is 175 Å². The van der Waals surface area contributed by atoms with Gasteiger partial charge >= 0.3 is 6.18 Å². The summed E-state index contributed by atoms with van der Waals surface area (Å²) in [4.78, 5) is 0. The van der Waals surface area contributed by atoms with Gasteiger partial charge < -0.3 is 14.8 Å². The van der Waals surface area contributed by atoms with Crippen LogP contribution in [0.4, 0.5) is 19.0 Å². The zero-order valence-corrected chi connectivity index (χ0v) is 16.6. The van der Waals surface area contributed by atoms with E-state index in [4.69, 9.17) is 9.47 Å². The Morgan fingerprint density at radius 1 is 0.871 bits per heavy atom. The molecule has 0 radical (unpaired) electrons. The summed E-state index contributed by atoms with van der Waals surface area (Å²) in [5.74, 6) is 0.321. The molecule has 0 atom stereocenters. The highest BCUT2D eigenvalue weighted by molar-refractivity contribution is 5.50. The predicted molar refractivity (Wildman–Crippen MR) is 107 cm³/mol. The fraction of sp³-hybridized carbons (Fsp3) is 0.190. The van der Waals surface area contributed by atoms with Crippen molar-refractivity contribution >= 4 is 11.5 Å². The number of benzene rings is 2. The first-order valence-electron chi connectivity index (χ1n) is 9.23. The minimum absolute atomic E-state index is 0.00261. The van der Waals surface area contributed by atoms with Gasteiger partial charge in [-0.3, -0.25) is 0 Å². The Bertz CT molecular complexity index is 1160. The maximum atomic E-state index is 13.2. The molecule has 0 saturated heterocycles. The Morgan fingerprint density at radius 2 is 1.48 bits per heavy atom. The number of alkyl halides is 3. The Balaban J connectivity index is 1.78. The number of nitrogens with one attached hydrogen (secondary N) is 1. The number of anilines is 1. The second-order valence-corrected chi connectivity index (χ2v) is 6.64. The van der Waals surface area contributed by atoms with Crippen LogP contribution in [0.1, 0.15) is 23.0 Å². The highest BCUT2D eigenvalue weighted by atomic mass is 19.4. The number of halogens is 3. The number of ether oxygens (including phenoxy) is 2. The average molecular weight is 429 g/mol. The van der Waals surface area contributed by atoms with Gasteiger partial charge in [-0.2, -0.15) is 17.7 Å². The lowest BCUT2D eigenvalue weighted by Crippen LogP contribution is -2.16. The molecule has 0 amide bonds. The number of fused-ring (bicyclic) bond motifs is 1. The van der Waals surface area contributed by atoms with Crippen molar-refractivity contribution in [1.82, 2.24) is 19.8 Å². The van der Waals surface area contributed by atoms with Gasteiger partial charge in [0.15, 0.2) is 5.65 Å². The lowest BCUT2D eigenvalue weighted by atomic mass is 9.98. The lowest BCUT2D eigenvalue weighted by Gasteiger charge is -2.21. The molecule has 0 aliphatic heterocycles. The van der Waals surface area contributed by atoms with Crippen molar-refractivity contribution in [2.45, 2.75) is 12.2 Å². The van der Waals surface area contributed by atoms with Gasteiger partial charge in [-0.1, -0.05) is 24.3 Å². The van der Waals surface area contributed by atoms with E-state index in [1.807, 2.05) is 48.5 Å². The van der Waals surface area contributed by atoms with Crippen molar-refractivity contribution in [3.05, 3.63) is 77.6 Å². The molecule has 160 valence electrons. The Morgan fingerprint density at radius 3 is 2.03 bits per heavy atom. The van der Waals surface area contributed by atoms with E-state index in [1.165, 1.54) is 6.07 Å². The summed E-state index contributed by atoms with van der Waals surface area (Å²) in [6.45, 7) is 0. The normalized spacial score (nSPS) is 11.7. The fourth-order valence-electron chi connectivity index (χ4n) is 3.19. The molecule has 0 aliphatic rings. The molecule has 2 aromatic carbocycles. The van der Waals surface area contributed by atoms with Crippen molar-refractivity contribution in [2.24, 2.45) is 0 Å². The molecule has 1 N–H and O–H groups in total. The molecule has 0 aliphatic carbocycles. The van der Waals surface area contributed by atoms with Gasteiger partial charge in [-0.15, -0.1) is 15.3 Å². The van der Waals surface area contributed by atoms with Crippen LogP contribution in [-0.2, 0) is 6.18 Å². The molecule has 31 heavy (non-hydrogen) atoms. The average Bonchev–Trinajstić information content (AvgIpc) is 3.21. The van der Waals surface area contributed by atoms with Crippen molar-refractivity contribution < 1.29 is 22.6 Å². The smallest absolute Gasteiger partial charge is 0.453 e. The third kappa shape index (κ3) is 4.23. The third-order valence-corrected chi connectivity index (χ3v) is 4.66. The maximum absolute atomic E-state index is 13.2. The molecule has 0 fully saturated rings. The lowest BCUT2D eigenvalue weighted by molar-refractivity contribution is -0.146. The van der Waals surface area contributed by atoms with Crippen LogP contribution in [0, 0.1) is 0 Å². The molecule has 0 unspecified atom stereocenters. The Kier molecular flexibility index (Phi) is 5.37. The van der Waals surface area contributed by atoms with E-state index in [0.717, 1.165) is 11.1 Å². The topological polar surface area (TPSA) is 73.6 Å². The largest absolute Gasteiger partial charge is 0.497 e. The van der Waals surface area contributed by atoms with Crippen LogP contribution < -0.4 is 14.8 Å². The van der Waals surface area contributed by atoms with E-state index in [1.54, 1.807) is 20.3 Å². The summed E-state index contributed by atoms with van der Waals surface area (Å²) < 4.78 is 51.0. The molecule has 4 aromatic rings. The number of methoxy groups -OCH3 is 2. The Hall–Kier alpha value is -3.82. The molecule has 10 heteroatoms. The summed E-state index contributed by atoms with van der Waals surface area (Å²) in [5.41, 5.74) is 1.65. The quantitative estimate of drug-likeness (QED) is 0.491. The van der Waals surface area contributed by atoms with Crippen LogP contribution >= 0.6 is 0 Å². The van der Waals surface area contributed by atoms with Gasteiger partial charge in [-0.25, -0.2) is 0 Å². The number of hydrogen-bond acceptors (Lipinski definition) is 6. The number of hydrogen-bond donors (Lipinski definition) is 1. The molecule has 2 aromatic heterocycles. The monoisotopic (exact) mass is 429 g/mol. The standard InChI is InChI=1S/C21H18F3N5O2/c1-30-15-7-3-5-13(11-15)19(14-6-4-8-16(12-14)31-2)25-17-9-10-18-26-27-20(21(22,23)24)29(18)28-17/h3-12,19H,1-2H3,(H,25,28). The summed E-state index contributed by atoms with van der Waals surface area (Å²) in [5, 5.41) is 14.0. The number of rotatable bonds is 6. The van der Waals surface area contributed by atoms with Crippen molar-refractivity contribution in [2.75, 3.05) is 19.5 Å². The van der Waals surface area contributed by atoms with E-state index in [0.29, 0.717) is 16.0 Å². The summed E-state index contributed by atoms with van der Waals surface area (Å²) in [7, 11) is 3.13. The van der Waals surface area contributed by atoms with Gasteiger partial charge in [0.05, 0.1) is 20.3 Å². The minimum atomic E-state index is -4.68. The first kappa shape index (κ1) is 20.5. The van der Waals surface area contributed by atoms with Crippen LogP contribution in [0.25, 0.3) is 5.65 Å². The van der Waals surface area contributed by atoms with Crippen LogP contribution in [0.5, 0.6) is 11.5 Å². The van der Waals surface area contributed by atoms with E-state index in [2.05, 4.69) is 20.6 Å². The summed E-state index contributed by atoms with van der Waals surface area (Å²) in [6, 6.07) is 17.3. The van der Waals surface area contributed by atoms with Crippen molar-refractivity contribution in [3.8, 4) is 11.5 Å². The highest BCUT2D eigenvalue weighted by Crippen LogP contribution is 2.31. The number of nitrogens with zero attached hydrogens (tertiary/aromatic N) is 4. The zero-order chi connectivity index (χ0) is 22.0. The highest BCUT2D eigenvalue weighted by Gasteiger charge is 2.37. The second kappa shape index (κ2) is 8.13. The first-order valence-corrected chi connectivity index (χ1v) is 9.23. The molecular weight excluding hydrogens is 411 g/mol. The van der Waals surface area contributed by atoms with Crippen LogP contribution in [0.3, 0.4) is 0 Å². The maximum Gasteiger partial charge on any atom is 0.453 e. The third-order valence-electron chi connectivity index (χ3n) is 4.66. The van der Waals surface area contributed by atoms with E-state index in [-0.39, 0.29) is 11.5 Å². The molecule has 7 nitrogen and oxygen atoms in total. The fourth-order valence-corrected chi connectivity index (χ4v) is 3.19. The van der Waals surface area contributed by atoms with E-state index >= 15 is 0 Å². The molecular formula is C21H18F3N5O2. The molecule has 0 spiro atoms. The van der Waals surface area contributed by atoms with Gasteiger partial charge in [0.25, 0.3) is 5.82 Å². The van der Waals surface area contributed by atoms with Gasteiger partial charge in [-0.05, 0) is 47.5 Å². The first-order chi connectivity index (χ1) is 14.9. The van der Waals surface area contributed by atoms with Gasteiger partial charge in [0.2, 0.25) is 0 Å². The number of aromatic nitrogens is 4. The van der Waals surface area contributed by atoms with Crippen molar-refractivity contribution in [1.29, 1.82) is 0 Å². The minimum Gasteiger partial charge on any atom is -0.497 e. The SMILES string of the molecule is COc1cccc(C(Nc2ccc3nnc(C(F)(F)F)n3n2)c2cccc(OC)c2)c1. The zero-order valence-electron chi connectivity index (χ0n) is 16.6. The molecule has 0 saturated carbocycles. The molecule has 2 heterocycles. The predicted octanol–water partition coefficient (Wildman–Crippen LogP) is 4.36. The van der Waals surface area contributed by atoms with E-state index < -0.39 is 18.0 Å². The summed E-state index contributed by atoms with van der Waals surface area (Å²) in [6.07, 6.45) is -4.68. The van der Waals surface area contributed by atoms with Gasteiger partial charge in [0.1, 0.15) is 17.3 Å². The second-order valence-electron chi connectivity index (χ2n) is 6.64. The molecule has 4 rings (SSSR count). The van der Waals surface area contributed by atoms with Crippen LogP contribution in [0.15, 0.2) is 60.7 Å². The van der Waals surface area contributed by atoms with E-state index in [9.17, 15) is 13.2 Å².